The molecule has 20 heavy (non-hydrogen) atoms. The van der Waals surface area contributed by atoms with E-state index in [1.165, 1.54) is 5.56 Å². The van der Waals surface area contributed by atoms with Gasteiger partial charge in [0, 0.05) is 25.8 Å². The van der Waals surface area contributed by atoms with E-state index >= 15 is 0 Å². The summed E-state index contributed by atoms with van der Waals surface area (Å²) in [6.07, 6.45) is 1.16. The van der Waals surface area contributed by atoms with Crippen LogP contribution >= 0.6 is 0 Å². The predicted molar refractivity (Wildman–Crippen MR) is 74.6 cm³/mol. The van der Waals surface area contributed by atoms with Crippen LogP contribution in [0.5, 0.6) is 5.88 Å². The van der Waals surface area contributed by atoms with Gasteiger partial charge in [-0.15, -0.1) is 0 Å². The zero-order chi connectivity index (χ0) is 14.5. The molecule has 0 bridgehead atoms. The van der Waals surface area contributed by atoms with Gasteiger partial charge in [-0.3, -0.25) is 0 Å². The maximum absolute atomic E-state index is 10.8. The predicted octanol–water partition coefficient (Wildman–Crippen LogP) is 1.49. The van der Waals surface area contributed by atoms with Crippen LogP contribution in [-0.2, 0) is 11.3 Å². The fourth-order valence-electron chi connectivity index (χ4n) is 2.46. The molecule has 1 saturated heterocycles. The lowest BCUT2D eigenvalue weighted by Crippen LogP contribution is -2.21. The third-order valence-corrected chi connectivity index (χ3v) is 3.32. The Kier molecular flexibility index (Phi) is 4.92. The summed E-state index contributed by atoms with van der Waals surface area (Å²) in [6.45, 7) is 2.26. The third kappa shape index (κ3) is 3.91. The molecular weight excluding hydrogens is 258 g/mol. The molecule has 1 aliphatic heterocycles. The molecule has 2 rings (SSSR count). The van der Waals surface area contributed by atoms with Gasteiger partial charge in [-0.05, 0) is 38.4 Å². The van der Waals surface area contributed by atoms with E-state index in [4.69, 9.17) is 15.2 Å². The minimum absolute atomic E-state index is 0.255. The fourth-order valence-corrected chi connectivity index (χ4v) is 2.46. The number of carbonyl (C=O) groups excluding carboxylic acids is 1. The van der Waals surface area contributed by atoms with Crippen LogP contribution in [0, 0.1) is 0 Å². The number of nitrogens with zero attached hydrogens (tertiary/aromatic N) is 2. The van der Waals surface area contributed by atoms with Crippen molar-refractivity contribution in [1.82, 2.24) is 9.88 Å². The van der Waals surface area contributed by atoms with Crippen LogP contribution in [0.4, 0.5) is 4.79 Å². The Labute approximate surface area is 118 Å². The van der Waals surface area contributed by atoms with Gasteiger partial charge in [-0.25, -0.2) is 9.78 Å². The number of amides is 1. The lowest BCUT2D eigenvalue weighted by Gasteiger charge is -2.25. The molecule has 1 fully saturated rings. The fraction of sp³-hybridized carbons (Fsp3) is 0.571. The summed E-state index contributed by atoms with van der Waals surface area (Å²) in [4.78, 5) is 17.3. The molecule has 0 unspecified atom stereocenters. The van der Waals surface area contributed by atoms with Crippen LogP contribution in [-0.4, -0.2) is 43.3 Å². The van der Waals surface area contributed by atoms with E-state index in [2.05, 4.69) is 4.98 Å². The topological polar surface area (TPSA) is 77.7 Å². The Balaban J connectivity index is 2.26. The third-order valence-electron chi connectivity index (χ3n) is 3.32. The molecule has 110 valence electrons. The maximum atomic E-state index is 10.8. The molecule has 0 aromatic carbocycles. The molecular formula is C14H21N3O3. The number of nitrogens with two attached hydrogens (primary N) is 1. The molecule has 1 amide bonds. The van der Waals surface area contributed by atoms with Crippen molar-refractivity contribution in [2.24, 2.45) is 5.73 Å². The Morgan fingerprint density at radius 3 is 2.75 bits per heavy atom. The van der Waals surface area contributed by atoms with Gasteiger partial charge in [-0.1, -0.05) is 6.07 Å². The minimum Gasteiger partial charge on any atom is -0.391 e. The van der Waals surface area contributed by atoms with Crippen molar-refractivity contribution >= 4 is 6.09 Å². The molecule has 1 aromatic rings. The van der Waals surface area contributed by atoms with Crippen LogP contribution in [0.25, 0.3) is 0 Å². The maximum Gasteiger partial charge on any atom is 0.411 e. The molecule has 2 heterocycles. The number of carbonyl (C=O) groups is 1. The highest BCUT2D eigenvalue weighted by Gasteiger charge is 2.20. The zero-order valence-corrected chi connectivity index (χ0v) is 12.0. The molecule has 6 nitrogen and oxygen atoms in total. The van der Waals surface area contributed by atoms with Crippen LogP contribution in [0.2, 0.25) is 0 Å². The van der Waals surface area contributed by atoms with Gasteiger partial charge in [0.1, 0.15) is 0 Å². The van der Waals surface area contributed by atoms with E-state index in [1.54, 1.807) is 6.07 Å². The van der Waals surface area contributed by atoms with Crippen LogP contribution in [0.1, 0.15) is 30.0 Å². The summed E-state index contributed by atoms with van der Waals surface area (Å²) in [6, 6.07) is 3.69. The highest BCUT2D eigenvalue weighted by atomic mass is 16.6. The summed E-state index contributed by atoms with van der Waals surface area (Å²) < 4.78 is 10.3. The van der Waals surface area contributed by atoms with Gasteiger partial charge in [0.15, 0.2) is 0 Å². The number of primary amides is 1. The first-order valence-electron chi connectivity index (χ1n) is 6.76. The van der Waals surface area contributed by atoms with Crippen molar-refractivity contribution in [2.45, 2.75) is 25.3 Å². The summed E-state index contributed by atoms with van der Waals surface area (Å²) in [5.74, 6) is 0.707. The SMILES string of the molecule is CN(C)Cc1nc(OC(N)=O)ccc1C1CCOCC1. The first-order chi connectivity index (χ1) is 9.56. The zero-order valence-electron chi connectivity index (χ0n) is 12.0. The van der Waals surface area contributed by atoms with Gasteiger partial charge in [0.25, 0.3) is 0 Å². The average Bonchev–Trinajstić information content (AvgIpc) is 2.38. The standard InChI is InChI=1S/C14H21N3O3/c1-17(2)9-12-11(10-5-7-19-8-6-10)3-4-13(16-12)20-14(15)18/h3-4,10H,5-9H2,1-2H3,(H2,15,18). The molecule has 2 N–H and O–H groups in total. The Hall–Kier alpha value is -1.66. The van der Waals surface area contributed by atoms with E-state index in [1.807, 2.05) is 25.1 Å². The number of rotatable bonds is 4. The number of ether oxygens (including phenoxy) is 2. The molecule has 1 aromatic heterocycles. The summed E-state index contributed by atoms with van der Waals surface area (Å²) in [5.41, 5.74) is 7.17. The molecule has 0 atom stereocenters. The first kappa shape index (κ1) is 14.7. The lowest BCUT2D eigenvalue weighted by atomic mass is 9.90. The molecule has 0 spiro atoms. The van der Waals surface area contributed by atoms with E-state index < -0.39 is 6.09 Å². The van der Waals surface area contributed by atoms with Gasteiger partial charge < -0.3 is 20.1 Å². The summed E-state index contributed by atoms with van der Waals surface area (Å²) in [7, 11) is 3.97. The molecule has 0 radical (unpaired) electrons. The van der Waals surface area contributed by atoms with Crippen LogP contribution in [0.15, 0.2) is 12.1 Å². The van der Waals surface area contributed by atoms with Crippen LogP contribution < -0.4 is 10.5 Å². The quantitative estimate of drug-likeness (QED) is 0.903. The Morgan fingerprint density at radius 1 is 1.45 bits per heavy atom. The van der Waals surface area contributed by atoms with E-state index in [0.717, 1.165) is 31.7 Å². The largest absolute Gasteiger partial charge is 0.411 e. The van der Waals surface area contributed by atoms with Gasteiger partial charge >= 0.3 is 6.09 Å². The molecule has 6 heteroatoms. The van der Waals surface area contributed by atoms with Crippen molar-refractivity contribution < 1.29 is 14.3 Å². The Bertz CT molecular complexity index is 471. The van der Waals surface area contributed by atoms with E-state index in [-0.39, 0.29) is 5.88 Å². The number of aromatic nitrogens is 1. The highest BCUT2D eigenvalue weighted by molar-refractivity contribution is 5.67. The van der Waals surface area contributed by atoms with Crippen molar-refractivity contribution in [2.75, 3.05) is 27.3 Å². The number of hydrogen-bond donors (Lipinski definition) is 1. The summed E-state index contributed by atoms with van der Waals surface area (Å²) in [5, 5.41) is 0. The van der Waals surface area contributed by atoms with E-state index in [9.17, 15) is 4.79 Å². The van der Waals surface area contributed by atoms with Crippen molar-refractivity contribution in [3.05, 3.63) is 23.4 Å². The second-order valence-electron chi connectivity index (χ2n) is 5.23. The number of hydrogen-bond acceptors (Lipinski definition) is 5. The van der Waals surface area contributed by atoms with Crippen LogP contribution in [0.3, 0.4) is 0 Å². The smallest absolute Gasteiger partial charge is 0.391 e. The molecule has 1 aliphatic rings. The van der Waals surface area contributed by atoms with Crippen molar-refractivity contribution in [1.29, 1.82) is 0 Å². The Morgan fingerprint density at radius 2 is 2.15 bits per heavy atom. The van der Waals surface area contributed by atoms with Gasteiger partial charge in [0.2, 0.25) is 5.88 Å². The highest BCUT2D eigenvalue weighted by Crippen LogP contribution is 2.30. The normalized spacial score (nSPS) is 16.4. The monoisotopic (exact) mass is 279 g/mol. The van der Waals surface area contributed by atoms with Gasteiger partial charge in [0.05, 0.1) is 5.69 Å². The van der Waals surface area contributed by atoms with Gasteiger partial charge in [-0.2, -0.15) is 0 Å². The minimum atomic E-state index is -0.841. The lowest BCUT2D eigenvalue weighted by molar-refractivity contribution is 0.0849. The first-order valence-corrected chi connectivity index (χ1v) is 6.76. The van der Waals surface area contributed by atoms with Crippen molar-refractivity contribution in [3.8, 4) is 5.88 Å². The average molecular weight is 279 g/mol. The summed E-state index contributed by atoms with van der Waals surface area (Å²) >= 11 is 0. The molecule has 0 saturated carbocycles. The second kappa shape index (κ2) is 6.67. The van der Waals surface area contributed by atoms with E-state index in [0.29, 0.717) is 12.5 Å². The van der Waals surface area contributed by atoms with Crippen molar-refractivity contribution in [3.63, 3.8) is 0 Å². The number of pyridine rings is 1. The molecule has 0 aliphatic carbocycles. The second-order valence-corrected chi connectivity index (χ2v) is 5.23.